The van der Waals surface area contributed by atoms with Crippen LogP contribution < -0.4 is 10.6 Å². The van der Waals surface area contributed by atoms with Crippen molar-refractivity contribution >= 4 is 17.7 Å². The molecule has 1 fully saturated rings. The molecule has 0 bridgehead atoms. The van der Waals surface area contributed by atoms with Gasteiger partial charge in [0.05, 0.1) is 12.1 Å². The van der Waals surface area contributed by atoms with E-state index in [1.807, 2.05) is 19.1 Å². The predicted molar refractivity (Wildman–Crippen MR) is 208 cm³/mol. The van der Waals surface area contributed by atoms with Gasteiger partial charge in [0.25, 0.3) is 0 Å². The fourth-order valence-corrected chi connectivity index (χ4v) is 7.17. The molecule has 1 unspecified atom stereocenters. The predicted octanol–water partition coefficient (Wildman–Crippen LogP) is 7.64. The van der Waals surface area contributed by atoms with E-state index in [0.717, 1.165) is 50.2 Å². The largest absolute Gasteiger partial charge is 0.390 e. The van der Waals surface area contributed by atoms with Crippen LogP contribution in [0.3, 0.4) is 0 Å². The fraction of sp³-hybridized carbons (Fsp3) is 0.651. The zero-order valence-corrected chi connectivity index (χ0v) is 32.7. The Balaban J connectivity index is 1.69. The lowest BCUT2D eigenvalue weighted by atomic mass is 9.98. The molecule has 3 amide bonds. The third kappa shape index (κ3) is 15.9. The van der Waals surface area contributed by atoms with Crippen molar-refractivity contribution in [1.82, 2.24) is 20.4 Å². The maximum absolute atomic E-state index is 14.2. The van der Waals surface area contributed by atoms with Gasteiger partial charge in [-0.15, -0.1) is 0 Å². The van der Waals surface area contributed by atoms with Crippen LogP contribution in [0, 0.1) is 11.6 Å². The standard InChI is InChI=1S/C43H66F2N4O4/c1-4-7-9-10-11-12-13-14-15-16-17-18-22-39(49-25-24-48(23-8-5-2)42(52)43(49)53)41(51)47-38(29-35-27-36(44)30-37(45)28-35)40(50)32-46-31-34-21-19-20-33(6-3)26-34/h19-21,26-28,30,38-40,46,50H,4-18,22-25,29,31-32H2,1-3H3,(H,47,51)/t38-,39?,40-/m0/s1. The Hall–Kier alpha value is -3.37. The summed E-state index contributed by atoms with van der Waals surface area (Å²) in [5, 5.41) is 17.6. The summed E-state index contributed by atoms with van der Waals surface area (Å²) in [7, 11) is 0. The lowest BCUT2D eigenvalue weighted by molar-refractivity contribution is -0.159. The first-order valence-electron chi connectivity index (χ1n) is 20.5. The van der Waals surface area contributed by atoms with Crippen molar-refractivity contribution < 1.29 is 28.3 Å². The normalized spacial score (nSPS) is 15.1. The van der Waals surface area contributed by atoms with Crippen molar-refractivity contribution in [3.8, 4) is 0 Å². The molecule has 2 aromatic carbocycles. The Morgan fingerprint density at radius 3 is 1.98 bits per heavy atom. The Morgan fingerprint density at radius 1 is 0.755 bits per heavy atom. The molecule has 0 aromatic heterocycles. The number of piperazine rings is 1. The van der Waals surface area contributed by atoms with Gasteiger partial charge in [-0.05, 0) is 54.5 Å². The molecule has 8 nitrogen and oxygen atoms in total. The zero-order chi connectivity index (χ0) is 38.4. The Kier molecular flexibility index (Phi) is 20.6. The number of hydrogen-bond acceptors (Lipinski definition) is 5. The molecule has 1 heterocycles. The summed E-state index contributed by atoms with van der Waals surface area (Å²) in [4.78, 5) is 43.8. The maximum Gasteiger partial charge on any atom is 0.312 e. The molecular formula is C43H66F2N4O4. The summed E-state index contributed by atoms with van der Waals surface area (Å²) in [5.74, 6) is -3.26. The molecule has 3 rings (SSSR count). The minimum atomic E-state index is -1.12. The highest BCUT2D eigenvalue weighted by Gasteiger charge is 2.39. The number of nitrogens with zero attached hydrogens (tertiary/aromatic N) is 2. The van der Waals surface area contributed by atoms with Gasteiger partial charge < -0.3 is 25.5 Å². The van der Waals surface area contributed by atoms with Gasteiger partial charge in [0, 0.05) is 38.8 Å². The van der Waals surface area contributed by atoms with Gasteiger partial charge in [-0.1, -0.05) is 129 Å². The second-order valence-corrected chi connectivity index (χ2v) is 14.8. The lowest BCUT2D eigenvalue weighted by Gasteiger charge is -2.38. The first kappa shape index (κ1) is 44.0. The molecule has 0 aliphatic carbocycles. The molecule has 53 heavy (non-hydrogen) atoms. The van der Waals surface area contributed by atoms with Gasteiger partial charge in [0.2, 0.25) is 5.91 Å². The lowest BCUT2D eigenvalue weighted by Crippen LogP contribution is -2.62. The number of carbonyl (C=O) groups excluding carboxylic acids is 3. The monoisotopic (exact) mass is 741 g/mol. The number of benzene rings is 2. The van der Waals surface area contributed by atoms with E-state index in [1.165, 1.54) is 74.0 Å². The summed E-state index contributed by atoms with van der Waals surface area (Å²) < 4.78 is 28.4. The third-order valence-corrected chi connectivity index (χ3v) is 10.4. The van der Waals surface area contributed by atoms with Gasteiger partial charge in [-0.3, -0.25) is 14.4 Å². The zero-order valence-electron chi connectivity index (χ0n) is 32.7. The quantitative estimate of drug-likeness (QED) is 0.0646. The second kappa shape index (κ2) is 24.8. The number of rotatable bonds is 27. The van der Waals surface area contributed by atoms with Crippen LogP contribution in [-0.2, 0) is 33.8 Å². The summed E-state index contributed by atoms with van der Waals surface area (Å²) in [6.45, 7) is 8.03. The number of carbonyl (C=O) groups is 3. The van der Waals surface area contributed by atoms with Crippen LogP contribution in [0.15, 0.2) is 42.5 Å². The topological polar surface area (TPSA) is 102 Å². The smallest absolute Gasteiger partial charge is 0.312 e. The molecule has 3 atom stereocenters. The first-order chi connectivity index (χ1) is 25.7. The van der Waals surface area contributed by atoms with E-state index in [1.54, 1.807) is 4.90 Å². The molecule has 10 heteroatoms. The molecule has 0 saturated carbocycles. The van der Waals surface area contributed by atoms with E-state index in [2.05, 4.69) is 36.6 Å². The van der Waals surface area contributed by atoms with Gasteiger partial charge in [0.15, 0.2) is 0 Å². The second-order valence-electron chi connectivity index (χ2n) is 14.8. The number of amides is 3. The highest BCUT2D eigenvalue weighted by atomic mass is 19.1. The SMILES string of the molecule is CCCCCCCCCCCCCCC(C(=O)N[C@@H](Cc1cc(F)cc(F)c1)[C@@H](O)CNCc1cccc(CC)c1)N1CCN(CCCC)C(=O)C1=O. The maximum atomic E-state index is 14.2. The minimum Gasteiger partial charge on any atom is -0.390 e. The first-order valence-corrected chi connectivity index (χ1v) is 20.5. The van der Waals surface area contributed by atoms with Crippen LogP contribution in [0.1, 0.15) is 134 Å². The van der Waals surface area contributed by atoms with Crippen molar-refractivity contribution in [1.29, 1.82) is 0 Å². The molecule has 1 aliphatic heterocycles. The molecule has 1 aliphatic rings. The number of aryl methyl sites for hydroxylation is 1. The minimum absolute atomic E-state index is 0.0302. The molecule has 3 N–H and O–H groups in total. The van der Waals surface area contributed by atoms with Crippen molar-refractivity contribution in [2.45, 2.75) is 155 Å². The average molecular weight is 741 g/mol. The number of unbranched alkanes of at least 4 members (excludes halogenated alkanes) is 12. The van der Waals surface area contributed by atoms with Crippen LogP contribution in [0.2, 0.25) is 0 Å². The number of aliphatic hydroxyl groups is 1. The third-order valence-electron chi connectivity index (χ3n) is 10.4. The highest BCUT2D eigenvalue weighted by molar-refractivity contribution is 6.35. The Bertz CT molecular complexity index is 1370. The molecule has 0 spiro atoms. The number of nitrogens with one attached hydrogen (secondary N) is 2. The van der Waals surface area contributed by atoms with E-state index in [9.17, 15) is 28.3 Å². The average Bonchev–Trinajstić information content (AvgIpc) is 3.14. The van der Waals surface area contributed by atoms with E-state index >= 15 is 0 Å². The number of aliphatic hydroxyl groups excluding tert-OH is 1. The van der Waals surface area contributed by atoms with Crippen molar-refractivity contribution in [3.05, 3.63) is 70.8 Å². The van der Waals surface area contributed by atoms with E-state index in [-0.39, 0.29) is 25.1 Å². The van der Waals surface area contributed by atoms with Crippen LogP contribution in [0.4, 0.5) is 8.78 Å². The summed E-state index contributed by atoms with van der Waals surface area (Å²) in [5.41, 5.74) is 2.53. The van der Waals surface area contributed by atoms with Crippen LogP contribution in [0.5, 0.6) is 0 Å². The van der Waals surface area contributed by atoms with Crippen molar-refractivity contribution in [3.63, 3.8) is 0 Å². The summed E-state index contributed by atoms with van der Waals surface area (Å²) in [6, 6.07) is 9.47. The van der Waals surface area contributed by atoms with E-state index in [0.29, 0.717) is 32.5 Å². The fourth-order valence-electron chi connectivity index (χ4n) is 7.17. The van der Waals surface area contributed by atoms with Crippen LogP contribution in [-0.4, -0.2) is 77.0 Å². The van der Waals surface area contributed by atoms with Gasteiger partial charge in [-0.2, -0.15) is 0 Å². The van der Waals surface area contributed by atoms with E-state index in [4.69, 9.17) is 0 Å². The van der Waals surface area contributed by atoms with E-state index < -0.39 is 47.5 Å². The van der Waals surface area contributed by atoms with Crippen molar-refractivity contribution in [2.24, 2.45) is 0 Å². The van der Waals surface area contributed by atoms with Crippen LogP contribution in [0.25, 0.3) is 0 Å². The summed E-state index contributed by atoms with van der Waals surface area (Å²) in [6.07, 6.45) is 15.7. The molecule has 2 aromatic rings. The van der Waals surface area contributed by atoms with Gasteiger partial charge >= 0.3 is 11.8 Å². The molecule has 296 valence electrons. The highest BCUT2D eigenvalue weighted by Crippen LogP contribution is 2.20. The summed E-state index contributed by atoms with van der Waals surface area (Å²) >= 11 is 0. The van der Waals surface area contributed by atoms with Crippen LogP contribution >= 0.6 is 0 Å². The van der Waals surface area contributed by atoms with Crippen molar-refractivity contribution in [2.75, 3.05) is 26.2 Å². The Morgan fingerprint density at radius 2 is 1.36 bits per heavy atom. The number of halogens is 2. The molecule has 1 saturated heterocycles. The van der Waals surface area contributed by atoms with Gasteiger partial charge in [-0.25, -0.2) is 8.78 Å². The Labute approximate surface area is 317 Å². The molecular weight excluding hydrogens is 674 g/mol. The van der Waals surface area contributed by atoms with Gasteiger partial charge in [0.1, 0.15) is 17.7 Å². The number of hydrogen-bond donors (Lipinski definition) is 3. The molecule has 0 radical (unpaired) electrons.